The highest BCUT2D eigenvalue weighted by Gasteiger charge is 2.37. The van der Waals surface area contributed by atoms with Crippen LogP contribution in [0.5, 0.6) is 0 Å². The molecule has 0 aromatic rings. The Balaban J connectivity index is 2.24. The Kier molecular flexibility index (Phi) is 2.16. The zero-order valence-electron chi connectivity index (χ0n) is 8.02. The van der Waals surface area contributed by atoms with Crippen LogP contribution in [0.1, 0.15) is 6.92 Å². The molecule has 0 radical (unpaired) electrons. The van der Waals surface area contributed by atoms with Gasteiger partial charge in [-0.15, -0.1) is 0 Å². The van der Waals surface area contributed by atoms with Crippen molar-refractivity contribution in [1.82, 2.24) is 4.90 Å². The van der Waals surface area contributed by atoms with Crippen molar-refractivity contribution in [3.63, 3.8) is 0 Å². The lowest BCUT2D eigenvalue weighted by molar-refractivity contribution is -0.0755. The minimum Gasteiger partial charge on any atom is -0.388 e. The van der Waals surface area contributed by atoms with Gasteiger partial charge in [0.1, 0.15) is 0 Å². The quantitative estimate of drug-likeness (QED) is 0.628. The molecule has 1 saturated heterocycles. The number of nitrogens with zero attached hydrogens (tertiary/aromatic N) is 1. The van der Waals surface area contributed by atoms with Crippen molar-refractivity contribution in [3.05, 3.63) is 0 Å². The van der Waals surface area contributed by atoms with Gasteiger partial charge in [0.05, 0.1) is 13.7 Å². The number of aliphatic hydroxyl groups is 1. The fraction of sp³-hybridized carbons (Fsp3) is 1.00. The highest BCUT2D eigenvalue weighted by atomic mass is 28.3. The van der Waals surface area contributed by atoms with Crippen LogP contribution in [0.2, 0.25) is 19.6 Å². The monoisotopic (exact) mass is 173 g/mol. The second kappa shape index (κ2) is 2.57. The Morgan fingerprint density at radius 2 is 1.82 bits per heavy atom. The van der Waals surface area contributed by atoms with Crippen molar-refractivity contribution in [1.29, 1.82) is 0 Å². The van der Waals surface area contributed by atoms with Crippen LogP contribution in [0.4, 0.5) is 0 Å². The van der Waals surface area contributed by atoms with Gasteiger partial charge in [0.25, 0.3) is 0 Å². The molecule has 0 aromatic carbocycles. The zero-order chi connectivity index (χ0) is 8.70. The fourth-order valence-electron chi connectivity index (χ4n) is 1.70. The molecule has 3 heteroatoms. The second-order valence-electron chi connectivity index (χ2n) is 5.20. The number of rotatable bonds is 2. The van der Waals surface area contributed by atoms with Gasteiger partial charge in [0.15, 0.2) is 0 Å². The van der Waals surface area contributed by atoms with E-state index in [2.05, 4.69) is 24.5 Å². The van der Waals surface area contributed by atoms with Crippen LogP contribution in [-0.2, 0) is 0 Å². The molecule has 1 aliphatic heterocycles. The van der Waals surface area contributed by atoms with E-state index >= 15 is 0 Å². The normalized spacial score (nSPS) is 24.8. The van der Waals surface area contributed by atoms with E-state index in [-0.39, 0.29) is 5.60 Å². The SMILES string of the molecule is CC1(O)CN(C[Si](C)(C)C)C1. The van der Waals surface area contributed by atoms with E-state index in [0.29, 0.717) is 0 Å². The maximum absolute atomic E-state index is 9.45. The molecule has 1 N–H and O–H groups in total. The van der Waals surface area contributed by atoms with E-state index in [1.165, 1.54) is 6.17 Å². The Hall–Kier alpha value is 0.137. The minimum absolute atomic E-state index is 0.389. The second-order valence-corrected chi connectivity index (χ2v) is 10.6. The average molecular weight is 173 g/mol. The summed E-state index contributed by atoms with van der Waals surface area (Å²) in [5.74, 6) is 0. The topological polar surface area (TPSA) is 23.5 Å². The van der Waals surface area contributed by atoms with Gasteiger partial charge >= 0.3 is 0 Å². The minimum atomic E-state index is -0.938. The molecule has 11 heavy (non-hydrogen) atoms. The van der Waals surface area contributed by atoms with E-state index in [9.17, 15) is 5.11 Å². The number of hydrogen-bond donors (Lipinski definition) is 1. The van der Waals surface area contributed by atoms with Crippen LogP contribution < -0.4 is 0 Å². The molecule has 1 heterocycles. The van der Waals surface area contributed by atoms with Gasteiger partial charge in [-0.3, -0.25) is 0 Å². The molecule has 1 fully saturated rings. The van der Waals surface area contributed by atoms with Gasteiger partial charge in [-0.25, -0.2) is 0 Å². The van der Waals surface area contributed by atoms with Gasteiger partial charge in [-0.2, -0.15) is 0 Å². The first-order valence-corrected chi connectivity index (χ1v) is 7.94. The van der Waals surface area contributed by atoms with Crippen molar-refractivity contribution in [3.8, 4) is 0 Å². The van der Waals surface area contributed by atoms with Gasteiger partial charge in [0, 0.05) is 13.1 Å². The first kappa shape index (κ1) is 9.23. The molecule has 0 atom stereocenters. The van der Waals surface area contributed by atoms with Crippen LogP contribution >= 0.6 is 0 Å². The lowest BCUT2D eigenvalue weighted by Crippen LogP contribution is -2.62. The lowest BCUT2D eigenvalue weighted by atomic mass is 9.98. The van der Waals surface area contributed by atoms with Gasteiger partial charge < -0.3 is 10.0 Å². The number of likely N-dealkylation sites (tertiary alicyclic amines) is 1. The summed E-state index contributed by atoms with van der Waals surface area (Å²) in [6.07, 6.45) is 1.23. The molecule has 0 bridgehead atoms. The van der Waals surface area contributed by atoms with Crippen molar-refractivity contribution < 1.29 is 5.11 Å². The van der Waals surface area contributed by atoms with E-state index < -0.39 is 8.07 Å². The lowest BCUT2D eigenvalue weighted by Gasteiger charge is -2.46. The summed E-state index contributed by atoms with van der Waals surface area (Å²) in [5.41, 5.74) is -0.389. The molecule has 0 spiro atoms. The predicted octanol–water partition coefficient (Wildman–Crippen LogP) is 0.930. The summed E-state index contributed by atoms with van der Waals surface area (Å²) in [7, 11) is -0.938. The van der Waals surface area contributed by atoms with E-state index in [1.54, 1.807) is 0 Å². The Morgan fingerprint density at radius 3 is 2.09 bits per heavy atom. The maximum atomic E-state index is 9.45. The van der Waals surface area contributed by atoms with Gasteiger partial charge in [0.2, 0.25) is 0 Å². The summed E-state index contributed by atoms with van der Waals surface area (Å²) in [6.45, 7) is 10.7. The third-order valence-electron chi connectivity index (χ3n) is 1.83. The summed E-state index contributed by atoms with van der Waals surface area (Å²) < 4.78 is 0. The molecule has 1 rings (SSSR count). The molecule has 0 aromatic heterocycles. The van der Waals surface area contributed by atoms with Gasteiger partial charge in [-0.1, -0.05) is 19.6 Å². The highest BCUT2D eigenvalue weighted by Crippen LogP contribution is 2.21. The number of hydrogen-bond acceptors (Lipinski definition) is 2. The zero-order valence-corrected chi connectivity index (χ0v) is 9.02. The first-order chi connectivity index (χ1) is 4.79. The third kappa shape index (κ3) is 2.93. The first-order valence-electron chi connectivity index (χ1n) is 4.23. The number of β-amino-alcohol motifs (C(OH)–C–C–N with tert-alkyl or cyclic N) is 1. The van der Waals surface area contributed by atoms with Gasteiger partial charge in [-0.05, 0) is 13.1 Å². The van der Waals surface area contributed by atoms with Crippen molar-refractivity contribution in [2.24, 2.45) is 0 Å². The van der Waals surface area contributed by atoms with Crippen molar-refractivity contribution in [2.75, 3.05) is 19.3 Å². The molecule has 0 saturated carbocycles. The van der Waals surface area contributed by atoms with Crippen LogP contribution in [0.3, 0.4) is 0 Å². The molecule has 1 aliphatic rings. The predicted molar refractivity (Wildman–Crippen MR) is 50.4 cm³/mol. The summed E-state index contributed by atoms with van der Waals surface area (Å²) >= 11 is 0. The molecule has 0 unspecified atom stereocenters. The largest absolute Gasteiger partial charge is 0.388 e. The smallest absolute Gasteiger partial charge is 0.0871 e. The molecular formula is C8H19NOSi. The fourth-order valence-corrected chi connectivity index (χ4v) is 3.27. The summed E-state index contributed by atoms with van der Waals surface area (Å²) in [5, 5.41) is 9.45. The molecule has 0 amide bonds. The Bertz CT molecular complexity index is 143. The van der Waals surface area contributed by atoms with E-state index in [1.807, 2.05) is 6.92 Å². The van der Waals surface area contributed by atoms with Crippen LogP contribution in [0.15, 0.2) is 0 Å². The van der Waals surface area contributed by atoms with E-state index in [4.69, 9.17) is 0 Å². The van der Waals surface area contributed by atoms with Crippen molar-refractivity contribution >= 4 is 8.07 Å². The van der Waals surface area contributed by atoms with Crippen molar-refractivity contribution in [2.45, 2.75) is 32.2 Å². The Labute approximate surface area is 70.2 Å². The Morgan fingerprint density at radius 1 is 1.36 bits per heavy atom. The van der Waals surface area contributed by atoms with Crippen LogP contribution in [0, 0.1) is 0 Å². The third-order valence-corrected chi connectivity index (χ3v) is 3.22. The highest BCUT2D eigenvalue weighted by molar-refractivity contribution is 6.76. The average Bonchev–Trinajstić information content (AvgIpc) is 1.53. The standard InChI is InChI=1S/C8H19NOSi/c1-8(10)5-9(6-8)7-11(2,3)4/h10H,5-7H2,1-4H3. The molecule has 66 valence electrons. The molecular weight excluding hydrogens is 154 g/mol. The summed E-state index contributed by atoms with van der Waals surface area (Å²) in [4.78, 5) is 2.35. The maximum Gasteiger partial charge on any atom is 0.0871 e. The van der Waals surface area contributed by atoms with Crippen LogP contribution in [0.25, 0.3) is 0 Å². The molecule has 2 nitrogen and oxygen atoms in total. The van der Waals surface area contributed by atoms with Crippen LogP contribution in [-0.4, -0.2) is 42.9 Å². The molecule has 0 aliphatic carbocycles. The summed E-state index contributed by atoms with van der Waals surface area (Å²) in [6, 6.07) is 0. The van der Waals surface area contributed by atoms with E-state index in [0.717, 1.165) is 13.1 Å².